The summed E-state index contributed by atoms with van der Waals surface area (Å²) in [5.74, 6) is -0.386. The van der Waals surface area contributed by atoms with E-state index in [0.29, 0.717) is 17.5 Å². The van der Waals surface area contributed by atoms with Gasteiger partial charge in [-0.2, -0.15) is 0 Å². The molecule has 0 aromatic heterocycles. The largest absolute Gasteiger partial charge is 0.269 e. The molecule has 3 heteroatoms. The van der Waals surface area contributed by atoms with Crippen molar-refractivity contribution in [2.45, 2.75) is 19.4 Å². The molecule has 2 amide bonds. The van der Waals surface area contributed by atoms with Gasteiger partial charge in [0.25, 0.3) is 11.8 Å². The Hall–Kier alpha value is -2.42. The number of carbonyl (C=O) groups excluding carboxylic acids is 2. The maximum atomic E-state index is 12.5. The van der Waals surface area contributed by atoms with E-state index in [-0.39, 0.29) is 17.9 Å². The first-order valence-electron chi connectivity index (χ1n) is 6.76. The second-order valence-electron chi connectivity index (χ2n) is 4.86. The van der Waals surface area contributed by atoms with Crippen LogP contribution in [0.5, 0.6) is 0 Å². The zero-order valence-corrected chi connectivity index (χ0v) is 11.2. The van der Waals surface area contributed by atoms with Crippen molar-refractivity contribution in [2.24, 2.45) is 0 Å². The van der Waals surface area contributed by atoms with Gasteiger partial charge in [0.15, 0.2) is 0 Å². The van der Waals surface area contributed by atoms with Gasteiger partial charge in [0.05, 0.1) is 17.2 Å². The molecule has 0 unspecified atom stereocenters. The van der Waals surface area contributed by atoms with Crippen LogP contribution in [-0.2, 0) is 0 Å². The number of benzene rings is 2. The number of rotatable bonds is 3. The molecule has 1 atom stereocenters. The predicted molar refractivity (Wildman–Crippen MR) is 76.4 cm³/mol. The number of fused-ring (bicyclic) bond motifs is 1. The van der Waals surface area contributed by atoms with E-state index in [4.69, 9.17) is 0 Å². The minimum atomic E-state index is -0.205. The van der Waals surface area contributed by atoms with Crippen LogP contribution < -0.4 is 0 Å². The summed E-state index contributed by atoms with van der Waals surface area (Å²) in [6, 6.07) is 16.5. The standard InChI is InChI=1S/C17H15NO2/c1-2-15(12-8-4-3-5-9-12)18-16(19)13-10-6-7-11-14(13)17(18)20/h3-11,15H,2H2,1H3/t15-/m0/s1. The fourth-order valence-corrected chi connectivity index (χ4v) is 2.73. The van der Waals surface area contributed by atoms with Gasteiger partial charge in [-0.25, -0.2) is 0 Å². The van der Waals surface area contributed by atoms with Crippen LogP contribution in [-0.4, -0.2) is 16.7 Å². The van der Waals surface area contributed by atoms with Crippen molar-refractivity contribution in [3.63, 3.8) is 0 Å². The number of imide groups is 1. The Morgan fingerprint density at radius 1 is 0.850 bits per heavy atom. The van der Waals surface area contributed by atoms with Crippen molar-refractivity contribution in [3.05, 3.63) is 71.3 Å². The molecule has 3 nitrogen and oxygen atoms in total. The Labute approximate surface area is 117 Å². The van der Waals surface area contributed by atoms with Crippen molar-refractivity contribution >= 4 is 11.8 Å². The Kier molecular flexibility index (Phi) is 3.11. The van der Waals surface area contributed by atoms with Gasteiger partial charge >= 0.3 is 0 Å². The van der Waals surface area contributed by atoms with Gasteiger partial charge in [0.1, 0.15) is 0 Å². The quantitative estimate of drug-likeness (QED) is 0.797. The first-order chi connectivity index (χ1) is 9.74. The van der Waals surface area contributed by atoms with Crippen molar-refractivity contribution in [1.29, 1.82) is 0 Å². The van der Waals surface area contributed by atoms with Gasteiger partial charge in [-0.1, -0.05) is 49.4 Å². The van der Waals surface area contributed by atoms with Gasteiger partial charge in [-0.15, -0.1) is 0 Å². The molecule has 1 aliphatic rings. The molecule has 0 saturated heterocycles. The number of hydrogen-bond acceptors (Lipinski definition) is 2. The van der Waals surface area contributed by atoms with Crippen LogP contribution in [0.1, 0.15) is 45.7 Å². The molecule has 20 heavy (non-hydrogen) atoms. The third-order valence-electron chi connectivity index (χ3n) is 3.71. The predicted octanol–water partition coefficient (Wildman–Crippen LogP) is 3.43. The minimum Gasteiger partial charge on any atom is -0.269 e. The molecule has 0 aliphatic carbocycles. The fourth-order valence-electron chi connectivity index (χ4n) is 2.73. The lowest BCUT2D eigenvalue weighted by atomic mass is 10.0. The lowest BCUT2D eigenvalue weighted by Crippen LogP contribution is -2.33. The van der Waals surface area contributed by atoms with E-state index in [0.717, 1.165) is 5.56 Å². The normalized spacial score (nSPS) is 15.3. The summed E-state index contributed by atoms with van der Waals surface area (Å²) in [5, 5.41) is 0. The van der Waals surface area contributed by atoms with Gasteiger partial charge in [-0.05, 0) is 24.1 Å². The highest BCUT2D eigenvalue weighted by Crippen LogP contribution is 2.32. The average Bonchev–Trinajstić information content (AvgIpc) is 2.75. The van der Waals surface area contributed by atoms with Crippen LogP contribution in [0, 0.1) is 0 Å². The molecular formula is C17H15NO2. The molecule has 2 aromatic rings. The summed E-state index contributed by atoms with van der Waals surface area (Å²) in [5.41, 5.74) is 2.00. The monoisotopic (exact) mass is 265 g/mol. The summed E-state index contributed by atoms with van der Waals surface area (Å²) in [7, 11) is 0. The second-order valence-corrected chi connectivity index (χ2v) is 4.86. The zero-order valence-electron chi connectivity index (χ0n) is 11.2. The topological polar surface area (TPSA) is 37.4 Å². The van der Waals surface area contributed by atoms with Gasteiger partial charge < -0.3 is 0 Å². The van der Waals surface area contributed by atoms with Crippen LogP contribution in [0.3, 0.4) is 0 Å². The third kappa shape index (κ3) is 1.83. The Morgan fingerprint density at radius 2 is 1.35 bits per heavy atom. The van der Waals surface area contributed by atoms with Crippen LogP contribution in [0.15, 0.2) is 54.6 Å². The van der Waals surface area contributed by atoms with Crippen LogP contribution in [0.4, 0.5) is 0 Å². The van der Waals surface area contributed by atoms with E-state index < -0.39 is 0 Å². The highest BCUT2D eigenvalue weighted by Gasteiger charge is 2.39. The molecule has 0 fully saturated rings. The molecule has 3 rings (SSSR count). The number of carbonyl (C=O) groups is 2. The van der Waals surface area contributed by atoms with Gasteiger partial charge in [-0.3, -0.25) is 14.5 Å². The molecule has 0 spiro atoms. The van der Waals surface area contributed by atoms with E-state index in [1.54, 1.807) is 24.3 Å². The van der Waals surface area contributed by atoms with Crippen LogP contribution in [0.2, 0.25) is 0 Å². The minimum absolute atomic E-state index is 0.193. The summed E-state index contributed by atoms with van der Waals surface area (Å²) < 4.78 is 0. The Bertz CT molecular complexity index is 629. The highest BCUT2D eigenvalue weighted by atomic mass is 16.2. The first-order valence-corrected chi connectivity index (χ1v) is 6.76. The summed E-state index contributed by atoms with van der Waals surface area (Å²) in [4.78, 5) is 26.4. The maximum absolute atomic E-state index is 12.5. The van der Waals surface area contributed by atoms with E-state index in [2.05, 4.69) is 0 Å². The summed E-state index contributed by atoms with van der Waals surface area (Å²) in [6.45, 7) is 1.99. The first kappa shape index (κ1) is 12.6. The molecule has 0 radical (unpaired) electrons. The molecule has 2 aromatic carbocycles. The lowest BCUT2D eigenvalue weighted by molar-refractivity contribution is 0.0578. The van der Waals surface area contributed by atoms with Gasteiger partial charge in [0.2, 0.25) is 0 Å². The second kappa shape index (κ2) is 4.93. The fraction of sp³-hybridized carbons (Fsp3) is 0.176. The van der Waals surface area contributed by atoms with Gasteiger partial charge in [0, 0.05) is 0 Å². The number of nitrogens with zero attached hydrogens (tertiary/aromatic N) is 1. The number of amides is 2. The molecule has 1 heterocycles. The molecule has 0 bridgehead atoms. The molecule has 0 N–H and O–H groups in total. The zero-order chi connectivity index (χ0) is 14.1. The van der Waals surface area contributed by atoms with Crippen molar-refractivity contribution < 1.29 is 9.59 Å². The van der Waals surface area contributed by atoms with Crippen LogP contribution >= 0.6 is 0 Å². The van der Waals surface area contributed by atoms with Crippen molar-refractivity contribution in [3.8, 4) is 0 Å². The molecular weight excluding hydrogens is 250 g/mol. The van der Waals surface area contributed by atoms with Crippen LogP contribution in [0.25, 0.3) is 0 Å². The van der Waals surface area contributed by atoms with E-state index in [1.165, 1.54) is 4.90 Å². The Morgan fingerprint density at radius 3 is 1.85 bits per heavy atom. The molecule has 1 aliphatic heterocycles. The van der Waals surface area contributed by atoms with E-state index in [9.17, 15) is 9.59 Å². The summed E-state index contributed by atoms with van der Waals surface area (Å²) >= 11 is 0. The molecule has 100 valence electrons. The maximum Gasteiger partial charge on any atom is 0.262 e. The third-order valence-corrected chi connectivity index (χ3v) is 3.71. The van der Waals surface area contributed by atoms with Crippen molar-refractivity contribution in [1.82, 2.24) is 4.90 Å². The van der Waals surface area contributed by atoms with Crippen molar-refractivity contribution in [2.75, 3.05) is 0 Å². The SMILES string of the molecule is CC[C@@H](c1ccccc1)N1C(=O)c2ccccc2C1=O. The Balaban J connectivity index is 2.03. The molecule has 0 saturated carbocycles. The highest BCUT2D eigenvalue weighted by molar-refractivity contribution is 6.21. The average molecular weight is 265 g/mol. The lowest BCUT2D eigenvalue weighted by Gasteiger charge is -2.25. The van der Waals surface area contributed by atoms with E-state index >= 15 is 0 Å². The smallest absolute Gasteiger partial charge is 0.262 e. The number of hydrogen-bond donors (Lipinski definition) is 0. The summed E-state index contributed by atoms with van der Waals surface area (Å²) in [6.07, 6.45) is 0.704. The van der Waals surface area contributed by atoms with E-state index in [1.807, 2.05) is 37.3 Å².